The summed E-state index contributed by atoms with van der Waals surface area (Å²) in [5.41, 5.74) is 4.37. The van der Waals surface area contributed by atoms with Gasteiger partial charge in [0.1, 0.15) is 0 Å². The van der Waals surface area contributed by atoms with Crippen molar-refractivity contribution in [3.05, 3.63) is 89.0 Å². The lowest BCUT2D eigenvalue weighted by molar-refractivity contribution is 0.0952. The lowest BCUT2D eigenvalue weighted by Crippen LogP contribution is -2.25. The third-order valence-corrected chi connectivity index (χ3v) is 6.09. The first-order chi connectivity index (χ1) is 14.1. The fraction of sp³-hybridized carbons (Fsp3) is 0.167. The zero-order valence-electron chi connectivity index (χ0n) is 16.2. The van der Waals surface area contributed by atoms with E-state index in [0.717, 1.165) is 22.6 Å². The number of carbonyl (C=O) groups excluding carboxylic acids is 2. The van der Waals surface area contributed by atoms with Crippen LogP contribution in [0.2, 0.25) is 0 Å². The molecule has 4 nitrogen and oxygen atoms in total. The van der Waals surface area contributed by atoms with Gasteiger partial charge in [-0.2, -0.15) is 0 Å². The third kappa shape index (κ3) is 4.35. The Labute approximate surface area is 174 Å². The molecular formula is C24H22N2O2S. The number of anilines is 1. The summed E-state index contributed by atoms with van der Waals surface area (Å²) in [6.45, 7) is 2.70. The largest absolute Gasteiger partial charge is 0.352 e. The standard InChI is InChI=1S/C24H22N2O2S/c1-2-16-6-5-7-17(14-16)12-13-25-23(27)18-10-11-22-20(15-18)26-24(28)19-8-3-4-9-21(19)29-22/h3-11,14-15H,2,12-13H2,1H3,(H,25,27)(H,26,28). The van der Waals surface area contributed by atoms with Gasteiger partial charge in [-0.15, -0.1) is 0 Å². The maximum Gasteiger partial charge on any atom is 0.256 e. The van der Waals surface area contributed by atoms with Crippen molar-refractivity contribution in [3.8, 4) is 0 Å². The predicted molar refractivity (Wildman–Crippen MR) is 117 cm³/mol. The Morgan fingerprint density at radius 1 is 0.966 bits per heavy atom. The van der Waals surface area contributed by atoms with Crippen LogP contribution in [0.25, 0.3) is 0 Å². The van der Waals surface area contributed by atoms with Crippen LogP contribution in [-0.2, 0) is 12.8 Å². The molecule has 0 spiro atoms. The molecule has 0 bridgehead atoms. The number of rotatable bonds is 5. The Morgan fingerprint density at radius 2 is 1.79 bits per heavy atom. The molecule has 4 rings (SSSR count). The van der Waals surface area contributed by atoms with Crippen molar-refractivity contribution >= 4 is 29.3 Å². The lowest BCUT2D eigenvalue weighted by Gasteiger charge is -2.10. The number of aryl methyl sites for hydroxylation is 1. The average molecular weight is 403 g/mol. The summed E-state index contributed by atoms with van der Waals surface area (Å²) >= 11 is 1.53. The van der Waals surface area contributed by atoms with E-state index in [1.165, 1.54) is 22.9 Å². The Kier molecular flexibility index (Phi) is 5.67. The van der Waals surface area contributed by atoms with Crippen molar-refractivity contribution < 1.29 is 9.59 Å². The first-order valence-corrected chi connectivity index (χ1v) is 10.5. The van der Waals surface area contributed by atoms with Crippen LogP contribution < -0.4 is 10.6 Å². The van der Waals surface area contributed by atoms with Crippen LogP contribution in [0.5, 0.6) is 0 Å². The first-order valence-electron chi connectivity index (χ1n) is 9.72. The molecule has 5 heteroatoms. The van der Waals surface area contributed by atoms with E-state index in [2.05, 4.69) is 41.8 Å². The van der Waals surface area contributed by atoms with Crippen LogP contribution in [0.4, 0.5) is 5.69 Å². The monoisotopic (exact) mass is 402 g/mol. The van der Waals surface area contributed by atoms with E-state index in [1.807, 2.05) is 30.3 Å². The SMILES string of the molecule is CCc1cccc(CCNC(=O)c2ccc3c(c2)NC(=O)c2ccccc2S3)c1. The normalized spacial score (nSPS) is 12.4. The highest BCUT2D eigenvalue weighted by atomic mass is 32.2. The zero-order valence-corrected chi connectivity index (χ0v) is 17.0. The molecule has 0 saturated heterocycles. The smallest absolute Gasteiger partial charge is 0.256 e. The summed E-state index contributed by atoms with van der Waals surface area (Å²) in [6, 6.07) is 21.4. The van der Waals surface area contributed by atoms with Crippen LogP contribution in [0.1, 0.15) is 38.8 Å². The van der Waals surface area contributed by atoms with Crippen molar-refractivity contribution in [3.63, 3.8) is 0 Å². The Balaban J connectivity index is 1.44. The molecular weight excluding hydrogens is 380 g/mol. The van der Waals surface area contributed by atoms with Gasteiger partial charge in [-0.05, 0) is 54.3 Å². The van der Waals surface area contributed by atoms with Gasteiger partial charge in [-0.3, -0.25) is 9.59 Å². The highest BCUT2D eigenvalue weighted by Crippen LogP contribution is 2.38. The van der Waals surface area contributed by atoms with Crippen molar-refractivity contribution in [2.75, 3.05) is 11.9 Å². The molecule has 1 heterocycles. The number of nitrogens with one attached hydrogen (secondary N) is 2. The molecule has 1 aliphatic heterocycles. The Hall–Kier alpha value is -3.05. The molecule has 0 fully saturated rings. The molecule has 0 saturated carbocycles. The topological polar surface area (TPSA) is 58.2 Å². The van der Waals surface area contributed by atoms with Crippen LogP contribution in [0.15, 0.2) is 76.5 Å². The van der Waals surface area contributed by atoms with Crippen LogP contribution in [0, 0.1) is 0 Å². The Morgan fingerprint density at radius 3 is 2.66 bits per heavy atom. The van der Waals surface area contributed by atoms with E-state index in [9.17, 15) is 9.59 Å². The molecule has 0 radical (unpaired) electrons. The van der Waals surface area contributed by atoms with Gasteiger partial charge in [0.2, 0.25) is 0 Å². The minimum atomic E-state index is -0.153. The Bertz CT molecular complexity index is 1080. The molecule has 2 N–H and O–H groups in total. The zero-order chi connectivity index (χ0) is 20.2. The third-order valence-electron chi connectivity index (χ3n) is 4.94. The van der Waals surface area contributed by atoms with Gasteiger partial charge in [-0.1, -0.05) is 55.1 Å². The van der Waals surface area contributed by atoms with Crippen LogP contribution >= 0.6 is 11.8 Å². The van der Waals surface area contributed by atoms with Crippen LogP contribution in [0.3, 0.4) is 0 Å². The number of hydrogen-bond donors (Lipinski definition) is 2. The second kappa shape index (κ2) is 8.53. The van der Waals surface area contributed by atoms with Gasteiger partial charge in [-0.25, -0.2) is 0 Å². The molecule has 146 valence electrons. The van der Waals surface area contributed by atoms with Gasteiger partial charge >= 0.3 is 0 Å². The first kappa shape index (κ1) is 19.3. The van der Waals surface area contributed by atoms with E-state index in [4.69, 9.17) is 0 Å². The number of benzene rings is 3. The number of fused-ring (bicyclic) bond motifs is 2. The molecule has 1 aliphatic rings. The molecule has 2 amide bonds. The van der Waals surface area contributed by atoms with Crippen molar-refractivity contribution in [2.24, 2.45) is 0 Å². The second-order valence-corrected chi connectivity index (χ2v) is 8.03. The number of amides is 2. The highest BCUT2D eigenvalue weighted by molar-refractivity contribution is 7.99. The van der Waals surface area contributed by atoms with Crippen LogP contribution in [-0.4, -0.2) is 18.4 Å². The number of hydrogen-bond acceptors (Lipinski definition) is 3. The quantitative estimate of drug-likeness (QED) is 0.636. The summed E-state index contributed by atoms with van der Waals surface area (Å²) in [5.74, 6) is -0.291. The minimum absolute atomic E-state index is 0.138. The molecule has 0 aromatic heterocycles. The van der Waals surface area contributed by atoms with Gasteiger partial charge in [0.05, 0.1) is 11.3 Å². The average Bonchev–Trinajstić information content (AvgIpc) is 2.89. The molecule has 0 atom stereocenters. The maximum absolute atomic E-state index is 12.6. The van der Waals surface area contributed by atoms with E-state index >= 15 is 0 Å². The van der Waals surface area contributed by atoms with Crippen molar-refractivity contribution in [1.82, 2.24) is 5.32 Å². The minimum Gasteiger partial charge on any atom is -0.352 e. The molecule has 3 aromatic carbocycles. The number of carbonyl (C=O) groups is 2. The van der Waals surface area contributed by atoms with Gasteiger partial charge in [0, 0.05) is 21.9 Å². The second-order valence-electron chi connectivity index (χ2n) is 6.94. The van der Waals surface area contributed by atoms with E-state index in [-0.39, 0.29) is 11.8 Å². The summed E-state index contributed by atoms with van der Waals surface area (Å²) in [6.07, 6.45) is 1.79. The van der Waals surface area contributed by atoms with Crippen molar-refractivity contribution in [1.29, 1.82) is 0 Å². The van der Waals surface area contributed by atoms with E-state index < -0.39 is 0 Å². The predicted octanol–water partition coefficient (Wildman–Crippen LogP) is 4.94. The summed E-state index contributed by atoms with van der Waals surface area (Å²) in [5, 5.41) is 5.91. The van der Waals surface area contributed by atoms with E-state index in [0.29, 0.717) is 23.4 Å². The van der Waals surface area contributed by atoms with Crippen molar-refractivity contribution in [2.45, 2.75) is 29.6 Å². The molecule has 29 heavy (non-hydrogen) atoms. The highest BCUT2D eigenvalue weighted by Gasteiger charge is 2.20. The lowest BCUT2D eigenvalue weighted by atomic mass is 10.1. The summed E-state index contributed by atoms with van der Waals surface area (Å²) < 4.78 is 0. The maximum atomic E-state index is 12.6. The molecule has 0 aliphatic carbocycles. The van der Waals surface area contributed by atoms with Gasteiger partial charge < -0.3 is 10.6 Å². The molecule has 3 aromatic rings. The fourth-order valence-corrected chi connectivity index (χ4v) is 4.35. The fourth-order valence-electron chi connectivity index (χ4n) is 3.34. The molecule has 0 unspecified atom stereocenters. The summed E-state index contributed by atoms with van der Waals surface area (Å²) in [7, 11) is 0. The van der Waals surface area contributed by atoms with Gasteiger partial charge in [0.25, 0.3) is 11.8 Å². The van der Waals surface area contributed by atoms with E-state index in [1.54, 1.807) is 12.1 Å². The summed E-state index contributed by atoms with van der Waals surface area (Å²) in [4.78, 5) is 26.9. The van der Waals surface area contributed by atoms with Gasteiger partial charge in [0.15, 0.2) is 0 Å².